The summed E-state index contributed by atoms with van der Waals surface area (Å²) in [5, 5.41) is 4.19. The van der Waals surface area contributed by atoms with E-state index in [0.717, 1.165) is 36.5 Å². The molecule has 2 aromatic rings. The molecule has 0 bridgehead atoms. The minimum atomic E-state index is 0.236. The first-order valence-electron chi connectivity index (χ1n) is 5.76. The maximum absolute atomic E-state index is 5.98. The van der Waals surface area contributed by atoms with Crippen LogP contribution >= 0.6 is 0 Å². The number of aromatic nitrogens is 3. The zero-order valence-electron chi connectivity index (χ0n) is 9.80. The Labute approximate surface area is 99.2 Å². The second-order valence-electron chi connectivity index (χ2n) is 4.60. The molecule has 17 heavy (non-hydrogen) atoms. The van der Waals surface area contributed by atoms with Gasteiger partial charge in [0.1, 0.15) is 11.6 Å². The van der Waals surface area contributed by atoms with Crippen molar-refractivity contribution in [2.45, 2.75) is 19.4 Å². The van der Waals surface area contributed by atoms with Crippen molar-refractivity contribution >= 4 is 17.3 Å². The van der Waals surface area contributed by atoms with Crippen LogP contribution in [0.2, 0.25) is 0 Å². The SMILES string of the molecule is Cc1cnn2c(N)cc(N3CC[C@@H](N)C3)nc12. The molecular weight excluding hydrogens is 216 g/mol. The van der Waals surface area contributed by atoms with Gasteiger partial charge in [-0.05, 0) is 13.3 Å². The van der Waals surface area contributed by atoms with Crippen LogP contribution in [0.25, 0.3) is 5.65 Å². The Bertz CT molecular complexity index is 560. The number of nitrogens with two attached hydrogens (primary N) is 2. The van der Waals surface area contributed by atoms with Gasteiger partial charge in [0.2, 0.25) is 0 Å². The Kier molecular flexibility index (Phi) is 2.19. The lowest BCUT2D eigenvalue weighted by molar-refractivity contribution is 0.751. The van der Waals surface area contributed by atoms with Gasteiger partial charge in [0.05, 0.1) is 6.20 Å². The Hall–Kier alpha value is -1.82. The molecule has 2 aromatic heterocycles. The smallest absolute Gasteiger partial charge is 0.162 e. The number of nitrogen functional groups attached to an aromatic ring is 1. The summed E-state index contributed by atoms with van der Waals surface area (Å²) in [4.78, 5) is 6.78. The van der Waals surface area contributed by atoms with Crippen molar-refractivity contribution in [1.82, 2.24) is 14.6 Å². The lowest BCUT2D eigenvalue weighted by atomic mass is 10.3. The molecule has 6 nitrogen and oxygen atoms in total. The highest BCUT2D eigenvalue weighted by atomic mass is 15.3. The van der Waals surface area contributed by atoms with E-state index in [1.54, 1.807) is 10.7 Å². The van der Waals surface area contributed by atoms with Crippen molar-refractivity contribution in [3.8, 4) is 0 Å². The van der Waals surface area contributed by atoms with Crippen LogP contribution in [0.5, 0.6) is 0 Å². The number of anilines is 2. The lowest BCUT2D eigenvalue weighted by Crippen LogP contribution is -2.27. The van der Waals surface area contributed by atoms with Gasteiger partial charge in [0.25, 0.3) is 0 Å². The van der Waals surface area contributed by atoms with Crippen molar-refractivity contribution in [3.63, 3.8) is 0 Å². The zero-order chi connectivity index (χ0) is 12.0. The molecule has 1 saturated heterocycles. The molecule has 1 fully saturated rings. The standard InChI is InChI=1S/C11H16N6/c1-7-5-14-17-9(13)4-10(15-11(7)17)16-3-2-8(12)6-16/h4-5,8H,2-3,6,12-13H2,1H3/t8-/m1/s1. The highest BCUT2D eigenvalue weighted by Crippen LogP contribution is 2.22. The van der Waals surface area contributed by atoms with Crippen LogP contribution in [0.3, 0.4) is 0 Å². The van der Waals surface area contributed by atoms with Gasteiger partial charge in [-0.2, -0.15) is 9.61 Å². The predicted molar refractivity (Wildman–Crippen MR) is 66.9 cm³/mol. The van der Waals surface area contributed by atoms with Crippen LogP contribution < -0.4 is 16.4 Å². The molecule has 0 saturated carbocycles. The fourth-order valence-electron chi connectivity index (χ4n) is 2.24. The minimum absolute atomic E-state index is 0.236. The van der Waals surface area contributed by atoms with Gasteiger partial charge in [-0.15, -0.1) is 0 Å². The van der Waals surface area contributed by atoms with E-state index in [9.17, 15) is 0 Å². The summed E-state index contributed by atoms with van der Waals surface area (Å²) >= 11 is 0. The van der Waals surface area contributed by atoms with E-state index in [1.807, 2.05) is 13.0 Å². The molecule has 1 atom stereocenters. The number of hydrogen-bond donors (Lipinski definition) is 2. The third-order valence-electron chi connectivity index (χ3n) is 3.21. The van der Waals surface area contributed by atoms with Gasteiger partial charge in [-0.3, -0.25) is 0 Å². The van der Waals surface area contributed by atoms with E-state index in [2.05, 4.69) is 15.0 Å². The maximum Gasteiger partial charge on any atom is 0.162 e. The van der Waals surface area contributed by atoms with Crippen molar-refractivity contribution in [2.24, 2.45) is 5.73 Å². The van der Waals surface area contributed by atoms with Gasteiger partial charge in [-0.1, -0.05) is 0 Å². The molecule has 3 heterocycles. The number of nitrogens with zero attached hydrogens (tertiary/aromatic N) is 4. The fourth-order valence-corrected chi connectivity index (χ4v) is 2.24. The van der Waals surface area contributed by atoms with Crippen LogP contribution in [-0.2, 0) is 0 Å². The molecule has 0 radical (unpaired) electrons. The van der Waals surface area contributed by atoms with Crippen molar-refractivity contribution in [1.29, 1.82) is 0 Å². The summed E-state index contributed by atoms with van der Waals surface area (Å²) in [5.74, 6) is 1.50. The van der Waals surface area contributed by atoms with Crippen LogP contribution in [0.15, 0.2) is 12.3 Å². The van der Waals surface area contributed by atoms with Crippen LogP contribution in [0.1, 0.15) is 12.0 Å². The van der Waals surface area contributed by atoms with Gasteiger partial charge in [0.15, 0.2) is 5.65 Å². The molecular formula is C11H16N6. The van der Waals surface area contributed by atoms with Crippen molar-refractivity contribution in [3.05, 3.63) is 17.8 Å². The van der Waals surface area contributed by atoms with E-state index in [4.69, 9.17) is 11.5 Å². The highest BCUT2D eigenvalue weighted by Gasteiger charge is 2.21. The quantitative estimate of drug-likeness (QED) is 0.731. The average molecular weight is 232 g/mol. The molecule has 90 valence electrons. The van der Waals surface area contributed by atoms with Crippen molar-refractivity contribution < 1.29 is 0 Å². The number of rotatable bonds is 1. The number of fused-ring (bicyclic) bond motifs is 1. The molecule has 3 rings (SSSR count). The molecule has 6 heteroatoms. The molecule has 0 amide bonds. The third kappa shape index (κ3) is 1.61. The minimum Gasteiger partial charge on any atom is -0.383 e. The van der Waals surface area contributed by atoms with E-state index in [-0.39, 0.29) is 6.04 Å². The fraction of sp³-hybridized carbons (Fsp3) is 0.455. The first kappa shape index (κ1) is 10.3. The Morgan fingerprint density at radius 3 is 3.00 bits per heavy atom. The molecule has 1 aliphatic rings. The van der Waals surface area contributed by atoms with Crippen LogP contribution in [0, 0.1) is 6.92 Å². The normalized spacial score (nSPS) is 20.4. The molecule has 0 aromatic carbocycles. The van der Waals surface area contributed by atoms with Gasteiger partial charge in [0, 0.05) is 30.8 Å². The second-order valence-corrected chi connectivity index (χ2v) is 4.60. The molecule has 0 aliphatic carbocycles. The summed E-state index contributed by atoms with van der Waals surface area (Å²) in [6.07, 6.45) is 2.78. The van der Waals surface area contributed by atoms with E-state index >= 15 is 0 Å². The molecule has 1 aliphatic heterocycles. The maximum atomic E-state index is 5.98. The Morgan fingerprint density at radius 1 is 1.47 bits per heavy atom. The summed E-state index contributed by atoms with van der Waals surface area (Å²) in [7, 11) is 0. The third-order valence-corrected chi connectivity index (χ3v) is 3.21. The summed E-state index contributed by atoms with van der Waals surface area (Å²) in [6, 6.07) is 2.09. The zero-order valence-corrected chi connectivity index (χ0v) is 9.80. The Balaban J connectivity index is 2.08. The summed E-state index contributed by atoms with van der Waals surface area (Å²) in [6.45, 7) is 3.76. The second kappa shape index (κ2) is 3.59. The van der Waals surface area contributed by atoms with Gasteiger partial charge >= 0.3 is 0 Å². The van der Waals surface area contributed by atoms with E-state index in [1.165, 1.54) is 0 Å². The number of hydrogen-bond acceptors (Lipinski definition) is 5. The van der Waals surface area contributed by atoms with Gasteiger partial charge < -0.3 is 16.4 Å². The van der Waals surface area contributed by atoms with Crippen LogP contribution in [-0.4, -0.2) is 33.7 Å². The Morgan fingerprint density at radius 2 is 2.29 bits per heavy atom. The van der Waals surface area contributed by atoms with Crippen LogP contribution in [0.4, 0.5) is 11.6 Å². The summed E-state index contributed by atoms with van der Waals surface area (Å²) in [5.41, 5.74) is 13.7. The first-order chi connectivity index (χ1) is 8.15. The monoisotopic (exact) mass is 232 g/mol. The van der Waals surface area contributed by atoms with Gasteiger partial charge in [-0.25, -0.2) is 4.98 Å². The average Bonchev–Trinajstić information content (AvgIpc) is 2.87. The highest BCUT2D eigenvalue weighted by molar-refractivity contribution is 5.59. The molecule has 0 unspecified atom stereocenters. The number of aryl methyl sites for hydroxylation is 1. The van der Waals surface area contributed by atoms with E-state index < -0.39 is 0 Å². The molecule has 4 N–H and O–H groups in total. The van der Waals surface area contributed by atoms with E-state index in [0.29, 0.717) is 5.82 Å². The largest absolute Gasteiger partial charge is 0.383 e. The van der Waals surface area contributed by atoms with Crippen molar-refractivity contribution in [2.75, 3.05) is 23.7 Å². The lowest BCUT2D eigenvalue weighted by Gasteiger charge is -2.17. The predicted octanol–water partition coefficient (Wildman–Crippen LogP) is 0.157. The first-order valence-corrected chi connectivity index (χ1v) is 5.76. The topological polar surface area (TPSA) is 85.5 Å². The summed E-state index contributed by atoms with van der Waals surface area (Å²) < 4.78 is 1.66. The molecule has 0 spiro atoms.